The number of thiophene rings is 1. The Labute approximate surface area is 171 Å². The first-order valence-electron chi connectivity index (χ1n) is 8.81. The molecule has 148 valence electrons. The Morgan fingerprint density at radius 3 is 2.61 bits per heavy atom. The third-order valence-electron chi connectivity index (χ3n) is 3.96. The van der Waals surface area contributed by atoms with Gasteiger partial charge in [0.05, 0.1) is 34.4 Å². The Kier molecular flexibility index (Phi) is 5.66. The van der Waals surface area contributed by atoms with Gasteiger partial charge in [-0.15, -0.1) is 22.7 Å². The smallest absolute Gasteiger partial charge is 0.260 e. The molecule has 28 heavy (non-hydrogen) atoms. The predicted octanol–water partition coefficient (Wildman–Crippen LogP) is 4.02. The van der Waals surface area contributed by atoms with Crippen LogP contribution in [0.3, 0.4) is 0 Å². The highest BCUT2D eigenvalue weighted by atomic mass is 32.1. The van der Waals surface area contributed by atoms with Gasteiger partial charge in [0.2, 0.25) is 5.91 Å². The van der Waals surface area contributed by atoms with E-state index in [9.17, 15) is 9.59 Å². The lowest BCUT2D eigenvalue weighted by Crippen LogP contribution is -2.22. The molecule has 7 nitrogen and oxygen atoms in total. The Balaban J connectivity index is 1.73. The maximum absolute atomic E-state index is 12.5. The molecule has 2 N–H and O–H groups in total. The summed E-state index contributed by atoms with van der Waals surface area (Å²) in [5.74, 6) is -0.284. The molecule has 0 saturated carbocycles. The molecule has 3 heterocycles. The van der Waals surface area contributed by atoms with Crippen LogP contribution in [0.15, 0.2) is 24.5 Å². The fourth-order valence-electron chi connectivity index (χ4n) is 2.47. The molecule has 9 heteroatoms. The summed E-state index contributed by atoms with van der Waals surface area (Å²) in [5, 5.41) is 10.5. The number of thiazole rings is 1. The molecule has 0 spiro atoms. The molecular weight excluding hydrogens is 394 g/mol. The van der Waals surface area contributed by atoms with Crippen LogP contribution in [0.4, 0.5) is 5.13 Å². The van der Waals surface area contributed by atoms with E-state index >= 15 is 0 Å². The third-order valence-corrected chi connectivity index (χ3v) is 5.93. The monoisotopic (exact) mass is 417 g/mol. The van der Waals surface area contributed by atoms with Crippen LogP contribution in [-0.4, -0.2) is 26.6 Å². The van der Waals surface area contributed by atoms with Crippen LogP contribution in [-0.2, 0) is 16.9 Å². The number of aromatic nitrogens is 3. The fourth-order valence-corrected chi connectivity index (χ4v) is 4.35. The number of hydrogen-bond donors (Lipinski definition) is 2. The number of carbonyl (C=O) groups excluding carboxylic acids is 2. The molecule has 0 aliphatic rings. The van der Waals surface area contributed by atoms with Crippen molar-refractivity contribution in [2.75, 3.05) is 5.32 Å². The molecule has 3 aromatic rings. The van der Waals surface area contributed by atoms with Crippen molar-refractivity contribution in [1.82, 2.24) is 20.1 Å². The van der Waals surface area contributed by atoms with E-state index in [0.717, 1.165) is 20.3 Å². The number of amides is 2. The van der Waals surface area contributed by atoms with Crippen LogP contribution < -0.4 is 10.6 Å². The molecule has 2 amide bonds. The minimum absolute atomic E-state index is 0.0560. The summed E-state index contributed by atoms with van der Waals surface area (Å²) in [7, 11) is 0. The van der Waals surface area contributed by atoms with E-state index in [1.165, 1.54) is 18.3 Å². The minimum Gasteiger partial charge on any atom is -0.351 e. The number of hydrogen-bond acceptors (Lipinski definition) is 6. The van der Waals surface area contributed by atoms with Gasteiger partial charge >= 0.3 is 0 Å². The zero-order chi connectivity index (χ0) is 20.5. The number of nitrogens with one attached hydrogen (secondary N) is 2. The molecule has 0 radical (unpaired) electrons. The van der Waals surface area contributed by atoms with Crippen molar-refractivity contribution in [1.29, 1.82) is 0 Å². The molecule has 3 aromatic heterocycles. The number of aryl methyl sites for hydroxylation is 1. The normalized spacial score (nSPS) is 11.5. The zero-order valence-electron chi connectivity index (χ0n) is 16.5. The molecule has 0 aliphatic carbocycles. The number of carbonyl (C=O) groups is 2. The summed E-state index contributed by atoms with van der Waals surface area (Å²) >= 11 is 3.02. The summed E-state index contributed by atoms with van der Waals surface area (Å²) in [6.45, 7) is 10.1. The lowest BCUT2D eigenvalue weighted by atomic mass is 10.1. The summed E-state index contributed by atoms with van der Waals surface area (Å²) in [6.07, 6.45) is 3.31. The standard InChI is InChI=1S/C19H23N5O2S2/c1-11-16(15-7-6-14(28-15)9-20-12(2)25)22-18(27-11)23-17(26)13-8-21-24(10-13)19(3,4)5/h6-8,10H,9H2,1-5H3,(H,20,25)(H,22,23,26). The van der Waals surface area contributed by atoms with E-state index in [1.807, 2.05) is 39.8 Å². The van der Waals surface area contributed by atoms with E-state index < -0.39 is 0 Å². The molecule has 0 aromatic carbocycles. The number of rotatable bonds is 5. The first-order chi connectivity index (χ1) is 13.1. The van der Waals surface area contributed by atoms with E-state index in [0.29, 0.717) is 17.2 Å². The second-order valence-corrected chi connectivity index (χ2v) is 9.77. The maximum Gasteiger partial charge on any atom is 0.260 e. The van der Waals surface area contributed by atoms with Crippen LogP contribution in [0, 0.1) is 6.92 Å². The van der Waals surface area contributed by atoms with Crippen molar-refractivity contribution in [3.8, 4) is 10.6 Å². The average Bonchev–Trinajstić information content (AvgIpc) is 3.31. The van der Waals surface area contributed by atoms with Crippen molar-refractivity contribution < 1.29 is 9.59 Å². The fraction of sp³-hybridized carbons (Fsp3) is 0.368. The predicted molar refractivity (Wildman–Crippen MR) is 113 cm³/mol. The Bertz CT molecular complexity index is 1010. The SMILES string of the molecule is CC(=O)NCc1ccc(-c2nc(NC(=O)c3cnn(C(C)(C)C)c3)sc2C)s1. The van der Waals surface area contributed by atoms with Crippen molar-refractivity contribution in [3.63, 3.8) is 0 Å². The lowest BCUT2D eigenvalue weighted by molar-refractivity contribution is -0.119. The molecule has 0 atom stereocenters. The van der Waals surface area contributed by atoms with Crippen molar-refractivity contribution in [2.24, 2.45) is 0 Å². The second kappa shape index (κ2) is 7.84. The van der Waals surface area contributed by atoms with Gasteiger partial charge in [-0.05, 0) is 39.8 Å². The zero-order valence-corrected chi connectivity index (χ0v) is 18.1. The average molecular weight is 418 g/mol. The van der Waals surface area contributed by atoms with Crippen LogP contribution in [0.1, 0.15) is 47.8 Å². The maximum atomic E-state index is 12.5. The largest absolute Gasteiger partial charge is 0.351 e. The van der Waals surface area contributed by atoms with E-state index in [1.54, 1.807) is 28.4 Å². The van der Waals surface area contributed by atoms with Crippen molar-refractivity contribution in [3.05, 3.63) is 39.8 Å². The van der Waals surface area contributed by atoms with Gasteiger partial charge in [0, 0.05) is 22.9 Å². The van der Waals surface area contributed by atoms with Crippen molar-refractivity contribution in [2.45, 2.75) is 46.7 Å². The van der Waals surface area contributed by atoms with E-state index in [4.69, 9.17) is 0 Å². The minimum atomic E-state index is -0.228. The summed E-state index contributed by atoms with van der Waals surface area (Å²) in [5.41, 5.74) is 1.17. The van der Waals surface area contributed by atoms with Gasteiger partial charge in [-0.1, -0.05) is 0 Å². The molecule has 0 aliphatic heterocycles. The van der Waals surface area contributed by atoms with Crippen LogP contribution in [0.2, 0.25) is 0 Å². The van der Waals surface area contributed by atoms with Gasteiger partial charge in [-0.2, -0.15) is 5.10 Å². The van der Waals surface area contributed by atoms with Gasteiger partial charge in [0.1, 0.15) is 0 Å². The molecule has 0 fully saturated rings. The van der Waals surface area contributed by atoms with Crippen LogP contribution >= 0.6 is 22.7 Å². The van der Waals surface area contributed by atoms with Crippen LogP contribution in [0.25, 0.3) is 10.6 Å². The molecule has 3 rings (SSSR count). The van der Waals surface area contributed by atoms with Gasteiger partial charge in [-0.25, -0.2) is 4.98 Å². The highest BCUT2D eigenvalue weighted by molar-refractivity contribution is 7.18. The van der Waals surface area contributed by atoms with Gasteiger partial charge in [0.15, 0.2) is 5.13 Å². The second-order valence-electron chi connectivity index (χ2n) is 7.40. The number of anilines is 1. The van der Waals surface area contributed by atoms with Crippen molar-refractivity contribution >= 4 is 39.6 Å². The first-order valence-corrected chi connectivity index (χ1v) is 10.4. The first kappa shape index (κ1) is 20.2. The summed E-state index contributed by atoms with van der Waals surface area (Å²) < 4.78 is 1.77. The highest BCUT2D eigenvalue weighted by Gasteiger charge is 2.19. The molecule has 0 unspecified atom stereocenters. The van der Waals surface area contributed by atoms with Gasteiger partial charge in [0.25, 0.3) is 5.91 Å². The van der Waals surface area contributed by atoms with Gasteiger partial charge < -0.3 is 5.32 Å². The summed E-state index contributed by atoms with van der Waals surface area (Å²) in [4.78, 5) is 31.3. The molecule has 0 saturated heterocycles. The highest BCUT2D eigenvalue weighted by Crippen LogP contribution is 2.34. The number of nitrogens with zero attached hydrogens (tertiary/aromatic N) is 3. The van der Waals surface area contributed by atoms with E-state index in [-0.39, 0.29) is 17.4 Å². The lowest BCUT2D eigenvalue weighted by Gasteiger charge is -2.18. The van der Waals surface area contributed by atoms with Gasteiger partial charge in [-0.3, -0.25) is 19.6 Å². The van der Waals surface area contributed by atoms with E-state index in [2.05, 4.69) is 20.7 Å². The quantitative estimate of drug-likeness (QED) is 0.656. The van der Waals surface area contributed by atoms with Crippen LogP contribution in [0.5, 0.6) is 0 Å². The Hall–Kier alpha value is -2.52. The Morgan fingerprint density at radius 2 is 1.96 bits per heavy atom. The third kappa shape index (κ3) is 4.66. The Morgan fingerprint density at radius 1 is 1.21 bits per heavy atom. The topological polar surface area (TPSA) is 88.9 Å². The summed E-state index contributed by atoms with van der Waals surface area (Å²) in [6, 6.07) is 3.97. The molecule has 0 bridgehead atoms. The molecular formula is C19H23N5O2S2.